The first-order valence-electron chi connectivity index (χ1n) is 3.35. The number of hydrogen-bond acceptors (Lipinski definition) is 3. The molecule has 0 radical (unpaired) electrons. The highest BCUT2D eigenvalue weighted by atomic mass is 16.6. The van der Waals surface area contributed by atoms with E-state index in [9.17, 15) is 14.9 Å². The first kappa shape index (κ1) is 6.03. The number of non-ortho nitro benzene ring substituents is 1. The van der Waals surface area contributed by atoms with Gasteiger partial charge < -0.3 is 0 Å². The van der Waals surface area contributed by atoms with Crippen molar-refractivity contribution < 1.29 is 11.1 Å². The number of benzene rings is 1. The second-order valence-corrected chi connectivity index (χ2v) is 1.88. The molecule has 4 heteroatoms. The van der Waals surface area contributed by atoms with E-state index in [1.165, 1.54) is 12.1 Å². The maximum Gasteiger partial charge on any atom is 0.270 e. The van der Waals surface area contributed by atoms with Gasteiger partial charge in [0.2, 0.25) is 0 Å². The summed E-state index contributed by atoms with van der Waals surface area (Å²) in [6.45, 7) is 0. The zero-order chi connectivity index (χ0) is 9.14. The Hall–Kier alpha value is -1.71. The molecule has 4 nitrogen and oxygen atoms in total. The van der Waals surface area contributed by atoms with Crippen molar-refractivity contribution in [1.82, 2.24) is 0 Å². The summed E-state index contributed by atoms with van der Waals surface area (Å²) in [5.41, 5.74) is -0.141. The van der Waals surface area contributed by atoms with E-state index in [-0.39, 0.29) is 17.3 Å². The van der Waals surface area contributed by atoms with Gasteiger partial charge in [-0.3, -0.25) is 14.9 Å². The lowest BCUT2D eigenvalue weighted by molar-refractivity contribution is -0.384. The van der Waals surface area contributed by atoms with Crippen molar-refractivity contribution in [3.05, 3.63) is 39.9 Å². The van der Waals surface area contributed by atoms with Crippen LogP contribution in [0.4, 0.5) is 5.69 Å². The van der Waals surface area contributed by atoms with Crippen LogP contribution in [0.25, 0.3) is 0 Å². The van der Waals surface area contributed by atoms with Crippen LogP contribution in [0.3, 0.4) is 0 Å². The zero-order valence-corrected chi connectivity index (χ0v) is 5.48. The average Bonchev–Trinajstić information content (AvgIpc) is 2.05. The predicted molar refractivity (Wildman–Crippen MR) is 38.5 cm³/mol. The molecule has 0 heterocycles. The normalized spacial score (nSPS) is 10.4. The predicted octanol–water partition coefficient (Wildman–Crippen LogP) is 1.41. The third-order valence-corrected chi connectivity index (χ3v) is 1.15. The average molecular weight is 152 g/mol. The first-order valence-corrected chi connectivity index (χ1v) is 2.85. The minimum absolute atomic E-state index is 0.00407. The number of rotatable bonds is 2. The summed E-state index contributed by atoms with van der Waals surface area (Å²) in [5.74, 6) is 0. The van der Waals surface area contributed by atoms with Gasteiger partial charge in [0, 0.05) is 17.7 Å². The van der Waals surface area contributed by atoms with Crippen molar-refractivity contribution in [1.29, 1.82) is 0 Å². The second kappa shape index (κ2) is 2.92. The van der Waals surface area contributed by atoms with Crippen molar-refractivity contribution in [3.8, 4) is 0 Å². The Labute approximate surface area is 64.0 Å². The van der Waals surface area contributed by atoms with Crippen molar-refractivity contribution in [2.45, 2.75) is 0 Å². The van der Waals surface area contributed by atoms with Gasteiger partial charge in [0.25, 0.3) is 5.69 Å². The number of carbonyl (C=O) groups excluding carboxylic acids is 1. The fourth-order valence-electron chi connectivity index (χ4n) is 0.654. The highest BCUT2D eigenvalue weighted by Gasteiger charge is 2.03. The molecule has 0 saturated carbocycles. The minimum Gasteiger partial charge on any atom is -0.298 e. The highest BCUT2D eigenvalue weighted by molar-refractivity contribution is 5.75. The standard InChI is InChI=1S/C7H5NO3/c9-5-6-2-1-3-7(4-6)8(10)11/h1-5H/i2D. The molecule has 0 N–H and O–H groups in total. The van der Waals surface area contributed by atoms with E-state index in [2.05, 4.69) is 0 Å². The van der Waals surface area contributed by atoms with Crippen LogP contribution in [0, 0.1) is 10.1 Å². The van der Waals surface area contributed by atoms with Gasteiger partial charge in [-0.05, 0) is 0 Å². The number of nitrogens with zero attached hydrogens (tertiary/aromatic N) is 1. The minimum atomic E-state index is -0.605. The van der Waals surface area contributed by atoms with Gasteiger partial charge >= 0.3 is 0 Å². The largest absolute Gasteiger partial charge is 0.298 e. The van der Waals surface area contributed by atoms with E-state index < -0.39 is 4.92 Å². The van der Waals surface area contributed by atoms with Gasteiger partial charge in [-0.2, -0.15) is 0 Å². The Morgan fingerprint density at radius 1 is 1.73 bits per heavy atom. The summed E-state index contributed by atoms with van der Waals surface area (Å²) in [5, 5.41) is 10.2. The fourth-order valence-corrected chi connectivity index (χ4v) is 0.654. The molecule has 1 rings (SSSR count). The second-order valence-electron chi connectivity index (χ2n) is 1.88. The lowest BCUT2D eigenvalue weighted by Gasteiger charge is -1.90. The molecule has 0 unspecified atom stereocenters. The molecular weight excluding hydrogens is 146 g/mol. The third-order valence-electron chi connectivity index (χ3n) is 1.15. The monoisotopic (exact) mass is 152 g/mol. The van der Waals surface area contributed by atoms with Gasteiger partial charge in [-0.15, -0.1) is 0 Å². The van der Waals surface area contributed by atoms with Crippen molar-refractivity contribution in [3.63, 3.8) is 0 Å². The van der Waals surface area contributed by atoms with E-state index in [0.29, 0.717) is 6.29 Å². The smallest absolute Gasteiger partial charge is 0.270 e. The quantitative estimate of drug-likeness (QED) is 0.365. The van der Waals surface area contributed by atoms with Crippen LogP contribution in [0.1, 0.15) is 11.7 Å². The Morgan fingerprint density at radius 3 is 3.00 bits per heavy atom. The van der Waals surface area contributed by atoms with Crippen LogP contribution >= 0.6 is 0 Å². The van der Waals surface area contributed by atoms with Crippen LogP contribution in [0.5, 0.6) is 0 Å². The number of nitro groups is 1. The Balaban J connectivity index is 3.22. The molecule has 0 atom stereocenters. The molecule has 0 aromatic heterocycles. The van der Waals surface area contributed by atoms with Crippen LogP contribution in [-0.4, -0.2) is 11.2 Å². The van der Waals surface area contributed by atoms with E-state index in [1.54, 1.807) is 0 Å². The van der Waals surface area contributed by atoms with E-state index in [0.717, 1.165) is 6.07 Å². The molecule has 0 aliphatic carbocycles. The molecule has 1 aromatic carbocycles. The summed E-state index contributed by atoms with van der Waals surface area (Å²) in [7, 11) is 0. The van der Waals surface area contributed by atoms with Gasteiger partial charge in [0.1, 0.15) is 6.29 Å². The van der Waals surface area contributed by atoms with Crippen LogP contribution in [0.2, 0.25) is 0 Å². The third kappa shape index (κ3) is 1.61. The summed E-state index contributed by atoms with van der Waals surface area (Å²) in [4.78, 5) is 19.9. The van der Waals surface area contributed by atoms with E-state index in [1.807, 2.05) is 0 Å². The van der Waals surface area contributed by atoms with Crippen molar-refractivity contribution >= 4 is 12.0 Å². The Kier molecular flexibility index (Phi) is 1.60. The van der Waals surface area contributed by atoms with Crippen LogP contribution in [-0.2, 0) is 0 Å². The van der Waals surface area contributed by atoms with E-state index in [4.69, 9.17) is 1.37 Å². The maximum atomic E-state index is 10.3. The Bertz CT molecular complexity index is 337. The molecular formula is C7H5NO3. The number of hydrogen-bond donors (Lipinski definition) is 0. The molecule has 0 bridgehead atoms. The van der Waals surface area contributed by atoms with Crippen LogP contribution < -0.4 is 0 Å². The zero-order valence-electron chi connectivity index (χ0n) is 6.48. The van der Waals surface area contributed by atoms with E-state index >= 15 is 0 Å². The van der Waals surface area contributed by atoms with Gasteiger partial charge in [0.05, 0.1) is 6.29 Å². The fraction of sp³-hybridized carbons (Fsp3) is 0. The molecule has 0 aliphatic rings. The number of nitro benzene ring substituents is 1. The first-order chi connectivity index (χ1) is 5.65. The maximum absolute atomic E-state index is 10.3. The van der Waals surface area contributed by atoms with Gasteiger partial charge in [-0.25, -0.2) is 0 Å². The molecule has 0 saturated heterocycles. The number of carbonyl (C=O) groups is 1. The molecule has 0 spiro atoms. The molecule has 1 aromatic rings. The summed E-state index contributed by atoms with van der Waals surface area (Å²) in [6, 6.07) is 3.49. The SMILES string of the molecule is [2H]c1ccc([N+](=O)[O-])cc1C=O. The molecule has 0 aliphatic heterocycles. The van der Waals surface area contributed by atoms with Gasteiger partial charge in [0.15, 0.2) is 0 Å². The topological polar surface area (TPSA) is 60.2 Å². The summed E-state index contributed by atoms with van der Waals surface area (Å²) in [6.07, 6.45) is 0.426. The van der Waals surface area contributed by atoms with Crippen molar-refractivity contribution in [2.24, 2.45) is 0 Å². The lowest BCUT2D eigenvalue weighted by Crippen LogP contribution is -1.88. The summed E-state index contributed by atoms with van der Waals surface area (Å²) < 4.78 is 7.15. The van der Waals surface area contributed by atoms with Crippen LogP contribution in [0.15, 0.2) is 24.2 Å². The molecule has 56 valence electrons. The Morgan fingerprint density at radius 2 is 2.45 bits per heavy atom. The summed E-state index contributed by atoms with van der Waals surface area (Å²) >= 11 is 0. The molecule has 0 fully saturated rings. The number of aldehydes is 1. The van der Waals surface area contributed by atoms with Gasteiger partial charge in [-0.1, -0.05) is 12.1 Å². The van der Waals surface area contributed by atoms with Crippen molar-refractivity contribution in [2.75, 3.05) is 0 Å². The molecule has 0 amide bonds. The molecule has 11 heavy (non-hydrogen) atoms. The highest BCUT2D eigenvalue weighted by Crippen LogP contribution is 2.10. The lowest BCUT2D eigenvalue weighted by atomic mass is 10.2.